The van der Waals surface area contributed by atoms with Gasteiger partial charge in [-0.25, -0.2) is 19.9 Å². The molecule has 3 aromatic rings. The summed E-state index contributed by atoms with van der Waals surface area (Å²) >= 11 is 0. The minimum atomic E-state index is -0.214. The summed E-state index contributed by atoms with van der Waals surface area (Å²) in [5.41, 5.74) is 3.91. The zero-order valence-corrected chi connectivity index (χ0v) is 18.0. The number of aliphatic hydroxyl groups excluding tert-OH is 1. The first-order valence-electron chi connectivity index (χ1n) is 11.1. The van der Waals surface area contributed by atoms with E-state index in [1.165, 1.54) is 12.1 Å². The van der Waals surface area contributed by atoms with Crippen LogP contribution in [-0.2, 0) is 26.6 Å². The van der Waals surface area contributed by atoms with Gasteiger partial charge in [0.1, 0.15) is 5.69 Å². The third-order valence-electron chi connectivity index (χ3n) is 6.97. The Labute approximate surface area is 185 Å². The second-order valence-electron chi connectivity index (χ2n) is 9.14. The highest BCUT2D eigenvalue weighted by atomic mass is 16.3. The molecule has 3 aliphatic rings. The Hall–Kier alpha value is -3.27. The molecular formula is C22H26N8O2. The summed E-state index contributed by atoms with van der Waals surface area (Å²) in [6, 6.07) is -0.0811. The van der Waals surface area contributed by atoms with Gasteiger partial charge in [0.25, 0.3) is 5.91 Å². The second kappa shape index (κ2) is 7.40. The highest BCUT2D eigenvalue weighted by Crippen LogP contribution is 2.45. The zero-order chi connectivity index (χ0) is 21.8. The molecule has 0 radical (unpaired) electrons. The molecule has 10 heteroatoms. The maximum atomic E-state index is 12.7. The van der Waals surface area contributed by atoms with E-state index in [0.717, 1.165) is 49.0 Å². The normalized spacial score (nSPS) is 23.3. The van der Waals surface area contributed by atoms with E-state index in [1.54, 1.807) is 25.0 Å². The van der Waals surface area contributed by atoms with E-state index in [2.05, 4.69) is 30.2 Å². The lowest BCUT2D eigenvalue weighted by molar-refractivity contribution is 0.0931. The first-order chi connectivity index (χ1) is 15.6. The van der Waals surface area contributed by atoms with Gasteiger partial charge >= 0.3 is 0 Å². The average Bonchev–Trinajstić information content (AvgIpc) is 3.27. The van der Waals surface area contributed by atoms with Crippen LogP contribution in [0, 0.1) is 11.8 Å². The summed E-state index contributed by atoms with van der Waals surface area (Å²) in [4.78, 5) is 32.8. The molecule has 1 amide bonds. The lowest BCUT2D eigenvalue weighted by Gasteiger charge is -2.19. The molecule has 3 aromatic heterocycles. The number of anilines is 1. The van der Waals surface area contributed by atoms with Crippen LogP contribution in [0.5, 0.6) is 0 Å². The number of hydrogen-bond donors (Lipinski definition) is 2. The van der Waals surface area contributed by atoms with E-state index in [9.17, 15) is 9.90 Å². The van der Waals surface area contributed by atoms with Crippen molar-refractivity contribution in [2.24, 2.45) is 18.9 Å². The van der Waals surface area contributed by atoms with Crippen LogP contribution >= 0.6 is 0 Å². The average molecular weight is 435 g/mol. The number of amides is 1. The van der Waals surface area contributed by atoms with Crippen molar-refractivity contribution in [2.45, 2.75) is 38.5 Å². The van der Waals surface area contributed by atoms with Crippen LogP contribution in [0.1, 0.15) is 52.0 Å². The molecule has 2 fully saturated rings. The second-order valence-corrected chi connectivity index (χ2v) is 9.14. The Balaban J connectivity index is 1.13. The third kappa shape index (κ3) is 3.35. The first kappa shape index (κ1) is 19.4. The summed E-state index contributed by atoms with van der Waals surface area (Å²) < 4.78 is 3.83. The summed E-state index contributed by atoms with van der Waals surface area (Å²) in [5, 5.41) is 12.9. The van der Waals surface area contributed by atoms with Crippen molar-refractivity contribution in [1.82, 2.24) is 34.4 Å². The highest BCUT2D eigenvalue weighted by molar-refractivity contribution is 5.92. The van der Waals surface area contributed by atoms with Crippen molar-refractivity contribution >= 4 is 11.9 Å². The maximum absolute atomic E-state index is 12.7. The third-order valence-corrected chi connectivity index (χ3v) is 6.97. The van der Waals surface area contributed by atoms with Crippen LogP contribution in [0.25, 0.3) is 0 Å². The predicted octanol–water partition coefficient (Wildman–Crippen LogP) is 0.821. The largest absolute Gasteiger partial charge is 0.390 e. The van der Waals surface area contributed by atoms with E-state index in [0.29, 0.717) is 23.9 Å². The van der Waals surface area contributed by atoms with Gasteiger partial charge in [0.15, 0.2) is 0 Å². The van der Waals surface area contributed by atoms with Crippen molar-refractivity contribution < 1.29 is 9.90 Å². The Bertz CT molecular complexity index is 1170. The van der Waals surface area contributed by atoms with Crippen LogP contribution in [-0.4, -0.2) is 53.2 Å². The van der Waals surface area contributed by atoms with Gasteiger partial charge in [0, 0.05) is 43.8 Å². The maximum Gasteiger partial charge on any atom is 0.272 e. The number of imidazole rings is 2. The molecule has 2 N–H and O–H groups in total. The quantitative estimate of drug-likeness (QED) is 0.590. The fraction of sp³-hybridized carbons (Fsp3) is 0.500. The molecule has 10 nitrogen and oxygen atoms in total. The van der Waals surface area contributed by atoms with Gasteiger partial charge in [0.05, 0.1) is 43.2 Å². The summed E-state index contributed by atoms with van der Waals surface area (Å²) in [6.07, 6.45) is 9.98. The zero-order valence-electron chi connectivity index (χ0n) is 18.0. The van der Waals surface area contributed by atoms with Crippen LogP contribution in [0.4, 0.5) is 5.95 Å². The number of nitrogens with one attached hydrogen (secondary N) is 1. The van der Waals surface area contributed by atoms with Gasteiger partial charge in [-0.2, -0.15) is 0 Å². The van der Waals surface area contributed by atoms with Crippen molar-refractivity contribution in [2.75, 3.05) is 18.0 Å². The summed E-state index contributed by atoms with van der Waals surface area (Å²) in [7, 11) is 1.97. The fourth-order valence-electron chi connectivity index (χ4n) is 5.03. The van der Waals surface area contributed by atoms with Crippen LogP contribution in [0.2, 0.25) is 0 Å². The Morgan fingerprint density at radius 2 is 2.06 bits per heavy atom. The fourth-order valence-corrected chi connectivity index (χ4v) is 5.03. The van der Waals surface area contributed by atoms with Crippen molar-refractivity contribution in [1.29, 1.82) is 0 Å². The van der Waals surface area contributed by atoms with Crippen molar-refractivity contribution in [3.8, 4) is 0 Å². The topological polar surface area (TPSA) is 114 Å². The molecule has 0 bridgehead atoms. The minimum absolute atomic E-state index is 0.0811. The molecule has 2 unspecified atom stereocenters. The van der Waals surface area contributed by atoms with Crippen molar-refractivity contribution in [3.63, 3.8) is 0 Å². The first-order valence-corrected chi connectivity index (χ1v) is 11.1. The highest BCUT2D eigenvalue weighted by Gasteiger charge is 2.45. The van der Waals surface area contributed by atoms with Gasteiger partial charge in [-0.05, 0) is 31.1 Å². The predicted molar refractivity (Wildman–Crippen MR) is 115 cm³/mol. The number of carbonyl (C=O) groups is 1. The molecule has 0 aromatic carbocycles. The summed E-state index contributed by atoms with van der Waals surface area (Å²) in [5.74, 6) is 2.06. The molecule has 3 atom stereocenters. The lowest BCUT2D eigenvalue weighted by atomic mass is 10.2. The molecule has 32 heavy (non-hydrogen) atoms. The van der Waals surface area contributed by atoms with Gasteiger partial charge in [0.2, 0.25) is 5.95 Å². The smallest absolute Gasteiger partial charge is 0.272 e. The molecule has 0 spiro atoms. The van der Waals surface area contributed by atoms with E-state index in [4.69, 9.17) is 0 Å². The molecular weight excluding hydrogens is 408 g/mol. The number of aromatic nitrogens is 6. The molecule has 6 rings (SSSR count). The molecule has 1 saturated carbocycles. The van der Waals surface area contributed by atoms with E-state index in [1.807, 2.05) is 16.2 Å². The van der Waals surface area contributed by atoms with Crippen molar-refractivity contribution in [3.05, 3.63) is 53.4 Å². The van der Waals surface area contributed by atoms with Gasteiger partial charge < -0.3 is 24.5 Å². The molecule has 4 heterocycles. The standard InChI is InChI=1S/C22H26N8O2/c1-28-11-25-20-16(2-3-19(20)28)26-21(32)17-9-29(12-24-17)6-15-5-23-22(27-18(15)10-31)30-7-13-4-14(13)8-30/h5,9,11-14,16,31H,2-4,6-8,10H2,1H3,(H,26,32)/t13?,14?,16-/m1/s1. The monoisotopic (exact) mass is 434 g/mol. The van der Waals surface area contributed by atoms with Crippen LogP contribution in [0.3, 0.4) is 0 Å². The van der Waals surface area contributed by atoms with Crippen LogP contribution in [0.15, 0.2) is 25.0 Å². The number of aryl methyl sites for hydroxylation is 1. The number of hydrogen-bond acceptors (Lipinski definition) is 7. The van der Waals surface area contributed by atoms with Crippen LogP contribution < -0.4 is 10.2 Å². The Morgan fingerprint density at radius 3 is 2.88 bits per heavy atom. The van der Waals surface area contributed by atoms with Gasteiger partial charge in [-0.1, -0.05) is 0 Å². The number of rotatable bonds is 6. The lowest BCUT2D eigenvalue weighted by Crippen LogP contribution is -2.27. The van der Waals surface area contributed by atoms with Gasteiger partial charge in [-0.15, -0.1) is 0 Å². The number of carbonyl (C=O) groups excluding carboxylic acids is 1. The molecule has 1 saturated heterocycles. The van der Waals surface area contributed by atoms with E-state index >= 15 is 0 Å². The number of fused-ring (bicyclic) bond motifs is 2. The van der Waals surface area contributed by atoms with E-state index in [-0.39, 0.29) is 18.6 Å². The molecule has 1 aliphatic heterocycles. The molecule has 2 aliphatic carbocycles. The number of nitrogens with zero attached hydrogens (tertiary/aromatic N) is 7. The van der Waals surface area contributed by atoms with E-state index < -0.39 is 0 Å². The molecule has 166 valence electrons. The Kier molecular flexibility index (Phi) is 4.49. The summed E-state index contributed by atoms with van der Waals surface area (Å²) in [6.45, 7) is 2.31. The Morgan fingerprint density at radius 1 is 1.22 bits per heavy atom. The minimum Gasteiger partial charge on any atom is -0.390 e. The number of piperidine rings is 1. The SMILES string of the molecule is Cn1cnc2c1CC[C@H]2NC(=O)c1cn(Cc2cnc(N3CC4CC4C3)nc2CO)cn1. The number of aliphatic hydroxyl groups is 1. The van der Waals surface area contributed by atoms with Gasteiger partial charge in [-0.3, -0.25) is 4.79 Å².